The molecule has 0 aliphatic rings. The topological polar surface area (TPSA) is 3.24 Å². The molecule has 0 N–H and O–H groups in total. The van der Waals surface area contributed by atoms with Crippen LogP contribution >= 0.6 is 11.3 Å². The number of rotatable bonds is 6. The molecule has 0 amide bonds. The minimum Gasteiger partial charge on any atom is -0.308 e. The van der Waals surface area contributed by atoms with Gasteiger partial charge in [-0.05, 0) is 81.1 Å². The van der Waals surface area contributed by atoms with Crippen LogP contribution in [0.1, 0.15) is 0 Å². The maximum absolute atomic E-state index is 2.47. The molecule has 48 heavy (non-hydrogen) atoms. The molecule has 1 nitrogen and oxygen atoms in total. The quantitative estimate of drug-likeness (QED) is 0.177. The summed E-state index contributed by atoms with van der Waals surface area (Å²) in [6.07, 6.45) is 0. The lowest BCUT2D eigenvalue weighted by atomic mass is 9.97. The number of thiophene rings is 1. The molecule has 0 bridgehead atoms. The first kappa shape index (κ1) is 28.3. The molecule has 0 aliphatic heterocycles. The van der Waals surface area contributed by atoms with Crippen LogP contribution in [0.5, 0.6) is 0 Å². The third kappa shape index (κ3) is 5.04. The Bertz CT molecular complexity index is 2550. The van der Waals surface area contributed by atoms with Gasteiger partial charge in [0.05, 0.1) is 16.1 Å². The van der Waals surface area contributed by atoms with Crippen LogP contribution in [0, 0.1) is 0 Å². The van der Waals surface area contributed by atoms with E-state index in [0.717, 1.165) is 11.4 Å². The Kier molecular flexibility index (Phi) is 7.07. The van der Waals surface area contributed by atoms with Gasteiger partial charge in [-0.3, -0.25) is 0 Å². The molecule has 0 saturated carbocycles. The Labute approximate surface area is 284 Å². The second kappa shape index (κ2) is 12.0. The molecule has 0 spiro atoms. The van der Waals surface area contributed by atoms with Crippen LogP contribution < -0.4 is 4.90 Å². The monoisotopic (exact) mass is 629 g/mol. The molecule has 9 aromatic rings. The first-order chi connectivity index (χ1) is 23.8. The standard InChI is InChI=1S/C46H31NS/c1-3-13-32(14-4-1)34-25-27-39(28-26-34)47(43-21-11-9-19-40(43)35-16-5-2-6-17-35)44-31-38(37-24-23-33-15-7-8-18-36(33)29-37)30-42-41-20-10-12-22-45(41)48-46(42)44/h1-31H. The van der Waals surface area contributed by atoms with Gasteiger partial charge in [-0.1, -0.05) is 146 Å². The van der Waals surface area contributed by atoms with Crippen molar-refractivity contribution >= 4 is 59.3 Å². The number of nitrogens with zero attached hydrogens (tertiary/aromatic N) is 1. The van der Waals surface area contributed by atoms with Crippen LogP contribution in [0.3, 0.4) is 0 Å². The van der Waals surface area contributed by atoms with Gasteiger partial charge in [0.25, 0.3) is 0 Å². The normalized spacial score (nSPS) is 11.3. The predicted octanol–water partition coefficient (Wildman–Crippen LogP) is 13.7. The van der Waals surface area contributed by atoms with Crippen molar-refractivity contribution in [3.8, 4) is 33.4 Å². The van der Waals surface area contributed by atoms with E-state index in [0.29, 0.717) is 0 Å². The third-order valence-electron chi connectivity index (χ3n) is 9.24. The summed E-state index contributed by atoms with van der Waals surface area (Å²) < 4.78 is 2.57. The lowest BCUT2D eigenvalue weighted by Crippen LogP contribution is -2.11. The average Bonchev–Trinajstić information content (AvgIpc) is 3.55. The van der Waals surface area contributed by atoms with Crippen molar-refractivity contribution in [2.24, 2.45) is 0 Å². The lowest BCUT2D eigenvalue weighted by Gasteiger charge is -2.29. The van der Waals surface area contributed by atoms with Gasteiger partial charge in [0, 0.05) is 26.7 Å². The zero-order valence-electron chi connectivity index (χ0n) is 26.3. The van der Waals surface area contributed by atoms with Crippen molar-refractivity contribution in [2.75, 3.05) is 4.90 Å². The van der Waals surface area contributed by atoms with Crippen molar-refractivity contribution in [2.45, 2.75) is 0 Å². The molecule has 0 aliphatic carbocycles. The zero-order valence-corrected chi connectivity index (χ0v) is 27.1. The van der Waals surface area contributed by atoms with E-state index in [1.54, 1.807) is 0 Å². The fourth-order valence-corrected chi connectivity index (χ4v) is 8.07. The fraction of sp³-hybridized carbons (Fsp3) is 0. The molecule has 0 fully saturated rings. The molecule has 1 aromatic heterocycles. The van der Waals surface area contributed by atoms with Crippen molar-refractivity contribution in [3.05, 3.63) is 188 Å². The van der Waals surface area contributed by atoms with E-state index in [1.807, 2.05) is 11.3 Å². The molecule has 2 heteroatoms. The van der Waals surface area contributed by atoms with E-state index in [-0.39, 0.29) is 0 Å². The SMILES string of the molecule is c1ccc(-c2ccc(N(c3ccccc3-c3ccccc3)c3cc(-c4ccc5ccccc5c4)cc4c3sc3ccccc34)cc2)cc1. The molecular weight excluding hydrogens is 599 g/mol. The predicted molar refractivity (Wildman–Crippen MR) is 208 cm³/mol. The van der Waals surface area contributed by atoms with Crippen LogP contribution in [0.4, 0.5) is 17.1 Å². The second-order valence-corrected chi connectivity index (χ2v) is 13.2. The van der Waals surface area contributed by atoms with Gasteiger partial charge in [-0.15, -0.1) is 11.3 Å². The molecule has 8 aromatic carbocycles. The number of para-hydroxylation sites is 1. The van der Waals surface area contributed by atoms with Crippen molar-refractivity contribution in [1.29, 1.82) is 0 Å². The highest BCUT2D eigenvalue weighted by Gasteiger charge is 2.22. The van der Waals surface area contributed by atoms with Gasteiger partial charge in [0.2, 0.25) is 0 Å². The van der Waals surface area contributed by atoms with E-state index in [9.17, 15) is 0 Å². The van der Waals surface area contributed by atoms with Gasteiger partial charge < -0.3 is 4.90 Å². The summed E-state index contributed by atoms with van der Waals surface area (Å²) in [5.74, 6) is 0. The van der Waals surface area contributed by atoms with Crippen molar-refractivity contribution in [3.63, 3.8) is 0 Å². The minimum absolute atomic E-state index is 1.12. The molecule has 0 radical (unpaired) electrons. The highest BCUT2D eigenvalue weighted by molar-refractivity contribution is 7.26. The van der Waals surface area contributed by atoms with Crippen LogP contribution in [-0.2, 0) is 0 Å². The largest absolute Gasteiger partial charge is 0.308 e. The van der Waals surface area contributed by atoms with Crippen LogP contribution in [0.25, 0.3) is 64.3 Å². The summed E-state index contributed by atoms with van der Waals surface area (Å²) in [6.45, 7) is 0. The van der Waals surface area contributed by atoms with Gasteiger partial charge >= 0.3 is 0 Å². The smallest absolute Gasteiger partial charge is 0.0646 e. The first-order valence-corrected chi connectivity index (χ1v) is 17.2. The maximum atomic E-state index is 2.47. The molecule has 0 unspecified atom stereocenters. The summed E-state index contributed by atoms with van der Waals surface area (Å²) in [6, 6.07) is 68.2. The van der Waals surface area contributed by atoms with Crippen LogP contribution in [0.2, 0.25) is 0 Å². The van der Waals surface area contributed by atoms with Gasteiger partial charge in [0.15, 0.2) is 0 Å². The number of benzene rings is 8. The van der Waals surface area contributed by atoms with E-state index < -0.39 is 0 Å². The van der Waals surface area contributed by atoms with E-state index in [4.69, 9.17) is 0 Å². The van der Waals surface area contributed by atoms with Crippen molar-refractivity contribution < 1.29 is 0 Å². The Balaban J connectivity index is 1.33. The number of hydrogen-bond acceptors (Lipinski definition) is 2. The van der Waals surface area contributed by atoms with Gasteiger partial charge in [-0.25, -0.2) is 0 Å². The van der Waals surface area contributed by atoms with E-state index in [2.05, 4.69) is 193 Å². The molecule has 1 heterocycles. The maximum Gasteiger partial charge on any atom is 0.0646 e. The molecule has 9 rings (SSSR count). The van der Waals surface area contributed by atoms with Gasteiger partial charge in [-0.2, -0.15) is 0 Å². The van der Waals surface area contributed by atoms with Crippen LogP contribution in [0.15, 0.2) is 188 Å². The Hall–Kier alpha value is -5.96. The summed E-state index contributed by atoms with van der Waals surface area (Å²) in [7, 11) is 0. The zero-order chi connectivity index (χ0) is 31.9. The minimum atomic E-state index is 1.12. The summed E-state index contributed by atoms with van der Waals surface area (Å²) in [4.78, 5) is 2.47. The van der Waals surface area contributed by atoms with Gasteiger partial charge in [0.1, 0.15) is 0 Å². The van der Waals surface area contributed by atoms with E-state index in [1.165, 1.54) is 70.0 Å². The molecule has 0 atom stereocenters. The highest BCUT2D eigenvalue weighted by Crippen LogP contribution is 2.49. The molecule has 226 valence electrons. The van der Waals surface area contributed by atoms with E-state index >= 15 is 0 Å². The number of fused-ring (bicyclic) bond motifs is 4. The second-order valence-electron chi connectivity index (χ2n) is 12.2. The van der Waals surface area contributed by atoms with Crippen LogP contribution in [-0.4, -0.2) is 0 Å². The highest BCUT2D eigenvalue weighted by atomic mass is 32.1. The number of anilines is 3. The lowest BCUT2D eigenvalue weighted by molar-refractivity contribution is 1.30. The molecular formula is C46H31NS. The first-order valence-electron chi connectivity index (χ1n) is 16.3. The Morgan fingerprint density at radius 1 is 0.354 bits per heavy atom. The Morgan fingerprint density at radius 3 is 1.79 bits per heavy atom. The number of hydrogen-bond donors (Lipinski definition) is 0. The Morgan fingerprint density at radius 2 is 0.979 bits per heavy atom. The van der Waals surface area contributed by atoms with Crippen molar-refractivity contribution in [1.82, 2.24) is 0 Å². The summed E-state index contributed by atoms with van der Waals surface area (Å²) in [5, 5.41) is 5.06. The summed E-state index contributed by atoms with van der Waals surface area (Å²) in [5.41, 5.74) is 10.6. The average molecular weight is 630 g/mol. The molecule has 0 saturated heterocycles. The summed E-state index contributed by atoms with van der Waals surface area (Å²) >= 11 is 1.87. The third-order valence-corrected chi connectivity index (χ3v) is 10.5. The fourth-order valence-electron chi connectivity index (χ4n) is 6.88.